The van der Waals surface area contributed by atoms with Crippen LogP contribution in [0.25, 0.3) is 23.0 Å². The minimum atomic E-state index is 0.192. The van der Waals surface area contributed by atoms with Gasteiger partial charge in [0.2, 0.25) is 11.8 Å². The number of nitrogens with zero attached hydrogens (tertiary/aromatic N) is 5. The van der Waals surface area contributed by atoms with Crippen molar-refractivity contribution in [2.75, 3.05) is 6.54 Å². The fraction of sp³-hybridized carbons (Fsp3) is 0.400. The predicted molar refractivity (Wildman–Crippen MR) is 103 cm³/mol. The molecule has 1 aliphatic carbocycles. The molecule has 0 atom stereocenters. The van der Waals surface area contributed by atoms with E-state index in [0.717, 1.165) is 43.5 Å². The van der Waals surface area contributed by atoms with Crippen LogP contribution in [-0.2, 0) is 24.8 Å². The topological polar surface area (TPSA) is 77.1 Å². The third-order valence-electron chi connectivity index (χ3n) is 5.74. The van der Waals surface area contributed by atoms with Gasteiger partial charge >= 0.3 is 0 Å². The van der Waals surface area contributed by atoms with Crippen molar-refractivity contribution in [3.8, 4) is 23.0 Å². The fourth-order valence-electron chi connectivity index (χ4n) is 3.93. The minimum Gasteiger partial charge on any atom is -0.414 e. The highest BCUT2D eigenvalue weighted by atomic mass is 35.5. The molecule has 1 aliphatic heterocycles. The van der Waals surface area contributed by atoms with E-state index in [1.165, 1.54) is 0 Å². The largest absolute Gasteiger partial charge is 0.414 e. The number of carbonyl (C=O) groups excluding carboxylic acids is 1. The van der Waals surface area contributed by atoms with E-state index in [9.17, 15) is 4.79 Å². The summed E-state index contributed by atoms with van der Waals surface area (Å²) in [5, 5.41) is 13.5. The van der Waals surface area contributed by atoms with Gasteiger partial charge < -0.3 is 9.32 Å². The van der Waals surface area contributed by atoms with Crippen LogP contribution in [-0.4, -0.2) is 37.3 Å². The van der Waals surface area contributed by atoms with Gasteiger partial charge in [0.1, 0.15) is 0 Å². The summed E-state index contributed by atoms with van der Waals surface area (Å²) in [5.41, 5.74) is 3.45. The molecular formula is C20H20ClN5O2. The first-order chi connectivity index (χ1) is 13.6. The maximum atomic E-state index is 12.7. The summed E-state index contributed by atoms with van der Waals surface area (Å²) in [6.45, 7) is 1.27. The normalized spacial score (nSPS) is 16.7. The molecule has 2 aromatic heterocycles. The maximum absolute atomic E-state index is 12.7. The summed E-state index contributed by atoms with van der Waals surface area (Å²) in [5.74, 6) is 1.16. The van der Waals surface area contributed by atoms with E-state index < -0.39 is 0 Å². The second-order valence-electron chi connectivity index (χ2n) is 7.43. The lowest BCUT2D eigenvalue weighted by Gasteiger charge is -2.34. The van der Waals surface area contributed by atoms with Crippen molar-refractivity contribution in [1.29, 1.82) is 0 Å². The molecule has 1 amide bonds. The van der Waals surface area contributed by atoms with Crippen molar-refractivity contribution in [3.05, 3.63) is 40.5 Å². The van der Waals surface area contributed by atoms with Gasteiger partial charge in [-0.15, -0.1) is 10.2 Å². The predicted octanol–water partition coefficient (Wildman–Crippen LogP) is 3.48. The first-order valence-electron chi connectivity index (χ1n) is 9.54. The smallest absolute Gasteiger partial charge is 0.268 e. The van der Waals surface area contributed by atoms with Crippen molar-refractivity contribution in [1.82, 2.24) is 24.9 Å². The van der Waals surface area contributed by atoms with Crippen LogP contribution in [0.2, 0.25) is 5.02 Å². The Morgan fingerprint density at radius 1 is 1.21 bits per heavy atom. The molecule has 3 heterocycles. The minimum absolute atomic E-state index is 0.192. The zero-order valence-electron chi connectivity index (χ0n) is 15.6. The zero-order chi connectivity index (χ0) is 19.3. The summed E-state index contributed by atoms with van der Waals surface area (Å²) >= 11 is 6.24. The Hall–Kier alpha value is -2.67. The Morgan fingerprint density at radius 3 is 2.75 bits per heavy atom. The molecule has 0 bridgehead atoms. The van der Waals surface area contributed by atoms with Crippen LogP contribution in [0.4, 0.5) is 0 Å². The molecule has 0 radical (unpaired) electrons. The number of hydrogen-bond acceptors (Lipinski definition) is 5. The number of amides is 1. The molecule has 0 N–H and O–H groups in total. The molecule has 0 saturated heterocycles. The Labute approximate surface area is 167 Å². The van der Waals surface area contributed by atoms with Gasteiger partial charge in [0.05, 0.1) is 10.6 Å². The van der Waals surface area contributed by atoms with Crippen LogP contribution in [0, 0.1) is 5.92 Å². The molecule has 2 aliphatic rings. The number of aromatic nitrogens is 4. The van der Waals surface area contributed by atoms with Crippen LogP contribution in [0.3, 0.4) is 0 Å². The molecule has 5 rings (SSSR count). The highest BCUT2D eigenvalue weighted by Gasteiger charge is 2.34. The van der Waals surface area contributed by atoms with Crippen molar-refractivity contribution in [2.45, 2.75) is 32.2 Å². The lowest BCUT2D eigenvalue weighted by molar-refractivity contribution is -0.139. The summed E-state index contributed by atoms with van der Waals surface area (Å²) in [7, 11) is 1.91. The molecule has 1 fully saturated rings. The average molecular weight is 398 g/mol. The van der Waals surface area contributed by atoms with Crippen molar-refractivity contribution < 1.29 is 9.21 Å². The molecule has 1 saturated carbocycles. The number of rotatable bonds is 3. The van der Waals surface area contributed by atoms with Gasteiger partial charge in [-0.2, -0.15) is 5.10 Å². The van der Waals surface area contributed by atoms with E-state index in [0.29, 0.717) is 34.6 Å². The third kappa shape index (κ3) is 2.81. The summed E-state index contributed by atoms with van der Waals surface area (Å²) in [6, 6.07) is 7.35. The van der Waals surface area contributed by atoms with Crippen molar-refractivity contribution >= 4 is 17.5 Å². The SMILES string of the molecule is Cn1nc(-c2nnc(-c3ccccc3Cl)o2)c2c1CCN(C(=O)C1CCC1)C2. The standard InChI is InChI=1S/C20H20ClN5O2/c1-25-16-9-10-26(20(27)12-5-4-6-12)11-14(16)17(24-25)19-23-22-18(28-19)13-7-2-3-8-15(13)21/h2-3,7-8,12H,4-6,9-11H2,1H3. The fourth-order valence-corrected chi connectivity index (χ4v) is 4.14. The van der Waals surface area contributed by atoms with Gasteiger partial charge in [0.25, 0.3) is 5.89 Å². The highest BCUT2D eigenvalue weighted by Crippen LogP contribution is 2.34. The number of benzene rings is 1. The van der Waals surface area contributed by atoms with E-state index in [-0.39, 0.29) is 11.8 Å². The molecule has 7 nitrogen and oxygen atoms in total. The van der Waals surface area contributed by atoms with Gasteiger partial charge in [0.15, 0.2) is 5.69 Å². The van der Waals surface area contributed by atoms with E-state index >= 15 is 0 Å². The molecule has 8 heteroatoms. The first kappa shape index (κ1) is 17.4. The van der Waals surface area contributed by atoms with Crippen LogP contribution in [0.1, 0.15) is 30.5 Å². The van der Waals surface area contributed by atoms with Crippen LogP contribution >= 0.6 is 11.6 Å². The highest BCUT2D eigenvalue weighted by molar-refractivity contribution is 6.33. The Bertz CT molecular complexity index is 1050. The summed E-state index contributed by atoms with van der Waals surface area (Å²) in [6.07, 6.45) is 3.95. The molecule has 3 aromatic rings. The molecule has 0 unspecified atom stereocenters. The van der Waals surface area contributed by atoms with E-state index in [4.69, 9.17) is 16.0 Å². The second kappa shape index (κ2) is 6.74. The van der Waals surface area contributed by atoms with Crippen molar-refractivity contribution in [2.24, 2.45) is 13.0 Å². The summed E-state index contributed by atoms with van der Waals surface area (Å²) in [4.78, 5) is 14.7. The van der Waals surface area contributed by atoms with Crippen LogP contribution in [0.5, 0.6) is 0 Å². The Kier molecular flexibility index (Phi) is 4.19. The number of halogens is 1. The summed E-state index contributed by atoms with van der Waals surface area (Å²) < 4.78 is 7.76. The van der Waals surface area contributed by atoms with Crippen molar-refractivity contribution in [3.63, 3.8) is 0 Å². The van der Waals surface area contributed by atoms with Gasteiger partial charge in [-0.05, 0) is 25.0 Å². The second-order valence-corrected chi connectivity index (χ2v) is 7.83. The maximum Gasteiger partial charge on any atom is 0.268 e. The molecule has 0 spiro atoms. The van der Waals surface area contributed by atoms with Gasteiger partial charge in [-0.1, -0.05) is 30.2 Å². The van der Waals surface area contributed by atoms with Crippen LogP contribution < -0.4 is 0 Å². The number of hydrogen-bond donors (Lipinski definition) is 0. The lowest BCUT2D eigenvalue weighted by Crippen LogP contribution is -2.42. The molecular weight excluding hydrogens is 378 g/mol. The zero-order valence-corrected chi connectivity index (χ0v) is 16.3. The van der Waals surface area contributed by atoms with E-state index in [1.807, 2.05) is 34.8 Å². The van der Waals surface area contributed by atoms with E-state index in [1.54, 1.807) is 6.07 Å². The van der Waals surface area contributed by atoms with Gasteiger partial charge in [-0.25, -0.2) is 0 Å². The third-order valence-corrected chi connectivity index (χ3v) is 6.07. The molecule has 1 aromatic carbocycles. The number of carbonyl (C=O) groups is 1. The monoisotopic (exact) mass is 397 g/mol. The molecule has 144 valence electrons. The van der Waals surface area contributed by atoms with Gasteiger partial charge in [-0.3, -0.25) is 9.48 Å². The Balaban J connectivity index is 1.48. The number of fused-ring (bicyclic) bond motifs is 1. The van der Waals surface area contributed by atoms with E-state index in [2.05, 4.69) is 15.3 Å². The van der Waals surface area contributed by atoms with Gasteiger partial charge in [0, 0.05) is 43.7 Å². The van der Waals surface area contributed by atoms with Crippen LogP contribution in [0.15, 0.2) is 28.7 Å². The average Bonchev–Trinajstić information content (AvgIpc) is 3.25. The first-order valence-corrected chi connectivity index (χ1v) is 9.92. The Morgan fingerprint density at radius 2 is 2.00 bits per heavy atom. The number of aryl methyl sites for hydroxylation is 1. The quantitative estimate of drug-likeness (QED) is 0.676. The molecule has 28 heavy (non-hydrogen) atoms. The lowest BCUT2D eigenvalue weighted by atomic mass is 9.84.